The van der Waals surface area contributed by atoms with Crippen LogP contribution in [0, 0.1) is 0 Å². The molecule has 0 aromatic heterocycles. The third-order valence-electron chi connectivity index (χ3n) is 3.14. The van der Waals surface area contributed by atoms with Crippen molar-refractivity contribution in [3.8, 4) is 0 Å². The van der Waals surface area contributed by atoms with E-state index in [2.05, 4.69) is 43.1 Å². The normalized spacial score (nSPS) is 21.4. The minimum atomic E-state index is 0.745. The molecule has 0 N–H and O–H groups in total. The van der Waals surface area contributed by atoms with Crippen molar-refractivity contribution in [2.24, 2.45) is 0 Å². The van der Waals surface area contributed by atoms with Gasteiger partial charge in [-0.15, -0.1) is 0 Å². The number of hydrogen-bond donors (Lipinski definition) is 0. The Hall–Kier alpha value is -0.980. The fourth-order valence-electron chi connectivity index (χ4n) is 2.26. The number of benzene rings is 1. The number of anilines is 1. The van der Waals surface area contributed by atoms with Crippen LogP contribution in [0.1, 0.15) is 25.3 Å². The summed E-state index contributed by atoms with van der Waals surface area (Å²) in [5.74, 6) is 0. The van der Waals surface area contributed by atoms with Crippen molar-refractivity contribution >= 4 is 5.69 Å². The molecule has 1 nitrogen and oxygen atoms in total. The Morgan fingerprint density at radius 2 is 2.15 bits per heavy atom. The molecule has 1 aliphatic heterocycles. The lowest BCUT2D eigenvalue weighted by Crippen LogP contribution is -2.35. The number of nitrogens with zero attached hydrogens (tertiary/aromatic N) is 1. The van der Waals surface area contributed by atoms with Gasteiger partial charge in [0.2, 0.25) is 0 Å². The van der Waals surface area contributed by atoms with Gasteiger partial charge < -0.3 is 4.90 Å². The first-order valence-electron chi connectivity index (χ1n) is 5.13. The Balaban J connectivity index is 2.33. The van der Waals surface area contributed by atoms with Crippen LogP contribution in [0.25, 0.3) is 0 Å². The molecule has 1 atom stereocenters. The molecular formula is C12H17N. The lowest BCUT2D eigenvalue weighted by Gasteiger charge is -2.35. The van der Waals surface area contributed by atoms with Gasteiger partial charge in [-0.05, 0) is 30.9 Å². The summed E-state index contributed by atoms with van der Waals surface area (Å²) in [4.78, 5) is 2.43. The van der Waals surface area contributed by atoms with Crippen molar-refractivity contribution in [1.82, 2.24) is 0 Å². The van der Waals surface area contributed by atoms with Crippen LogP contribution in [-0.2, 0) is 6.42 Å². The van der Waals surface area contributed by atoms with Gasteiger partial charge in [0.25, 0.3) is 0 Å². The number of para-hydroxylation sites is 1. The summed E-state index contributed by atoms with van der Waals surface area (Å²) in [6, 6.07) is 9.50. The monoisotopic (exact) mass is 175 g/mol. The highest BCUT2D eigenvalue weighted by molar-refractivity contribution is 5.55. The van der Waals surface area contributed by atoms with E-state index in [1.54, 1.807) is 0 Å². The van der Waals surface area contributed by atoms with Crippen LogP contribution in [-0.4, -0.2) is 13.1 Å². The molecule has 70 valence electrons. The van der Waals surface area contributed by atoms with Gasteiger partial charge >= 0.3 is 0 Å². The molecule has 2 rings (SSSR count). The van der Waals surface area contributed by atoms with Gasteiger partial charge in [0.1, 0.15) is 0 Å². The molecule has 0 aliphatic carbocycles. The fraction of sp³-hybridized carbons (Fsp3) is 0.500. The quantitative estimate of drug-likeness (QED) is 0.634. The predicted molar refractivity (Wildman–Crippen MR) is 57.2 cm³/mol. The van der Waals surface area contributed by atoms with E-state index in [1.807, 2.05) is 0 Å². The molecule has 1 heteroatoms. The molecule has 0 fully saturated rings. The second kappa shape index (κ2) is 3.41. The first kappa shape index (κ1) is 8.61. The van der Waals surface area contributed by atoms with E-state index < -0.39 is 0 Å². The summed E-state index contributed by atoms with van der Waals surface area (Å²) in [6.07, 6.45) is 3.81. The van der Waals surface area contributed by atoms with E-state index in [-0.39, 0.29) is 0 Å². The third kappa shape index (κ3) is 1.43. The zero-order valence-corrected chi connectivity index (χ0v) is 8.46. The highest BCUT2D eigenvalue weighted by Crippen LogP contribution is 2.29. The molecular weight excluding hydrogens is 158 g/mol. The zero-order valence-electron chi connectivity index (χ0n) is 8.46. The smallest absolute Gasteiger partial charge is 0.0398 e. The maximum absolute atomic E-state index is 2.43. The third-order valence-corrected chi connectivity index (χ3v) is 3.14. The molecule has 13 heavy (non-hydrogen) atoms. The van der Waals surface area contributed by atoms with Crippen molar-refractivity contribution in [2.75, 3.05) is 11.9 Å². The molecule has 1 aromatic rings. The van der Waals surface area contributed by atoms with Crippen molar-refractivity contribution in [3.63, 3.8) is 0 Å². The van der Waals surface area contributed by atoms with Crippen molar-refractivity contribution < 1.29 is 0 Å². The molecule has 0 spiro atoms. The van der Waals surface area contributed by atoms with E-state index in [0.29, 0.717) is 0 Å². The van der Waals surface area contributed by atoms with Crippen LogP contribution >= 0.6 is 0 Å². The molecule has 1 aromatic carbocycles. The Morgan fingerprint density at radius 3 is 2.92 bits per heavy atom. The maximum Gasteiger partial charge on any atom is 0.0398 e. The van der Waals surface area contributed by atoms with Crippen molar-refractivity contribution in [1.29, 1.82) is 0 Å². The largest absolute Gasteiger partial charge is 0.371 e. The van der Waals surface area contributed by atoms with E-state index in [0.717, 1.165) is 6.04 Å². The molecule has 1 aliphatic rings. The first-order chi connectivity index (χ1) is 6.33. The Labute approximate surface area is 80.4 Å². The average molecular weight is 175 g/mol. The predicted octanol–water partition coefficient (Wildman–Crippen LogP) is 2.85. The van der Waals surface area contributed by atoms with Gasteiger partial charge in [0, 0.05) is 18.8 Å². The SMILES string of the molecule is CC[C@@H]1CCc2ccccc2N1C. The minimum Gasteiger partial charge on any atom is -0.371 e. The van der Waals surface area contributed by atoms with Crippen LogP contribution in [0.4, 0.5) is 5.69 Å². The summed E-state index contributed by atoms with van der Waals surface area (Å²) >= 11 is 0. The molecule has 0 amide bonds. The zero-order chi connectivity index (χ0) is 9.26. The lowest BCUT2D eigenvalue weighted by atomic mass is 9.95. The second-order valence-corrected chi connectivity index (χ2v) is 3.84. The molecule has 0 unspecified atom stereocenters. The highest BCUT2D eigenvalue weighted by Gasteiger charge is 2.20. The Kier molecular flexibility index (Phi) is 2.26. The van der Waals surface area contributed by atoms with Crippen LogP contribution < -0.4 is 4.90 Å². The van der Waals surface area contributed by atoms with Gasteiger partial charge in [0.15, 0.2) is 0 Å². The van der Waals surface area contributed by atoms with E-state index in [9.17, 15) is 0 Å². The van der Waals surface area contributed by atoms with Crippen molar-refractivity contribution in [3.05, 3.63) is 29.8 Å². The van der Waals surface area contributed by atoms with Crippen LogP contribution in [0.2, 0.25) is 0 Å². The van der Waals surface area contributed by atoms with Gasteiger partial charge in [-0.25, -0.2) is 0 Å². The van der Waals surface area contributed by atoms with Gasteiger partial charge in [0.05, 0.1) is 0 Å². The molecule has 0 bridgehead atoms. The standard InChI is InChI=1S/C12H17N/c1-3-11-9-8-10-6-4-5-7-12(10)13(11)2/h4-7,11H,3,8-9H2,1-2H3/t11-/m1/s1. The van der Waals surface area contributed by atoms with Crippen LogP contribution in [0.15, 0.2) is 24.3 Å². The lowest BCUT2D eigenvalue weighted by molar-refractivity contribution is 0.542. The average Bonchev–Trinajstić information content (AvgIpc) is 2.19. The molecule has 1 heterocycles. The molecule has 0 saturated carbocycles. The molecule has 0 saturated heterocycles. The second-order valence-electron chi connectivity index (χ2n) is 3.84. The Morgan fingerprint density at radius 1 is 1.38 bits per heavy atom. The summed E-state index contributed by atoms with van der Waals surface area (Å²) in [7, 11) is 2.21. The van der Waals surface area contributed by atoms with Gasteiger partial charge in [-0.2, -0.15) is 0 Å². The fourth-order valence-corrected chi connectivity index (χ4v) is 2.26. The van der Waals surface area contributed by atoms with E-state index in [1.165, 1.54) is 30.5 Å². The van der Waals surface area contributed by atoms with E-state index in [4.69, 9.17) is 0 Å². The van der Waals surface area contributed by atoms with Gasteiger partial charge in [-0.1, -0.05) is 25.1 Å². The number of hydrogen-bond acceptors (Lipinski definition) is 1. The summed E-state index contributed by atoms with van der Waals surface area (Å²) in [6.45, 7) is 2.27. The topological polar surface area (TPSA) is 3.24 Å². The van der Waals surface area contributed by atoms with Gasteiger partial charge in [-0.3, -0.25) is 0 Å². The van der Waals surface area contributed by atoms with Crippen LogP contribution in [0.5, 0.6) is 0 Å². The number of aryl methyl sites for hydroxylation is 1. The Bertz CT molecular complexity index is 293. The summed E-state index contributed by atoms with van der Waals surface area (Å²) in [5.41, 5.74) is 2.94. The van der Waals surface area contributed by atoms with Crippen LogP contribution in [0.3, 0.4) is 0 Å². The molecule has 0 radical (unpaired) electrons. The summed E-state index contributed by atoms with van der Waals surface area (Å²) < 4.78 is 0. The number of fused-ring (bicyclic) bond motifs is 1. The maximum atomic E-state index is 2.43. The highest BCUT2D eigenvalue weighted by atomic mass is 15.1. The van der Waals surface area contributed by atoms with Crippen molar-refractivity contribution in [2.45, 2.75) is 32.2 Å². The first-order valence-corrected chi connectivity index (χ1v) is 5.13. The minimum absolute atomic E-state index is 0.745. The summed E-state index contributed by atoms with van der Waals surface area (Å²) in [5, 5.41) is 0. The number of rotatable bonds is 1. The van der Waals surface area contributed by atoms with E-state index >= 15 is 0 Å².